The zero-order chi connectivity index (χ0) is 18.8. The van der Waals surface area contributed by atoms with E-state index in [4.69, 9.17) is 0 Å². The van der Waals surface area contributed by atoms with Gasteiger partial charge in [-0.2, -0.15) is 0 Å². The fourth-order valence-electron chi connectivity index (χ4n) is 4.22. The maximum absolute atomic E-state index is 13.7. The highest BCUT2D eigenvalue weighted by Gasteiger charge is 2.57. The fourth-order valence-corrected chi connectivity index (χ4v) is 4.22. The molecule has 2 fully saturated rings. The van der Waals surface area contributed by atoms with Gasteiger partial charge in [0.1, 0.15) is 5.82 Å². The fraction of sp³-hybridized carbons (Fsp3) is 0.600. The molecule has 1 saturated carbocycles. The van der Waals surface area contributed by atoms with Crippen LogP contribution < -0.4 is 5.32 Å². The van der Waals surface area contributed by atoms with Crippen LogP contribution in [-0.4, -0.2) is 43.6 Å². The number of ether oxygens (including phenoxy) is 1. The normalized spacial score (nSPS) is 24.8. The van der Waals surface area contributed by atoms with E-state index in [1.807, 2.05) is 30.9 Å². The summed E-state index contributed by atoms with van der Waals surface area (Å²) in [5.74, 6) is 1.13. The summed E-state index contributed by atoms with van der Waals surface area (Å²) in [4.78, 5) is 25.9. The zero-order valence-corrected chi connectivity index (χ0v) is 15.6. The van der Waals surface area contributed by atoms with Gasteiger partial charge in [-0.1, -0.05) is 26.0 Å². The number of carbonyl (C=O) groups excluding carboxylic acids is 2. The minimum absolute atomic E-state index is 0.100. The lowest BCUT2D eigenvalue weighted by atomic mass is 10.0. The number of aryl methyl sites for hydroxylation is 1. The van der Waals surface area contributed by atoms with Crippen LogP contribution in [-0.2, 0) is 16.0 Å². The molecule has 1 aliphatic heterocycles. The van der Waals surface area contributed by atoms with E-state index in [9.17, 15) is 14.0 Å². The zero-order valence-electron chi connectivity index (χ0n) is 15.6. The molecular weight excluding hydrogens is 335 g/mol. The van der Waals surface area contributed by atoms with Gasteiger partial charge in [0.05, 0.1) is 13.0 Å². The van der Waals surface area contributed by atoms with E-state index >= 15 is 0 Å². The van der Waals surface area contributed by atoms with Gasteiger partial charge in [0.25, 0.3) is 0 Å². The second kappa shape index (κ2) is 7.64. The lowest BCUT2D eigenvalue weighted by molar-refractivity contribution is -0.135. The molecule has 2 amide bonds. The summed E-state index contributed by atoms with van der Waals surface area (Å²) in [7, 11) is 1.31. The van der Waals surface area contributed by atoms with Crippen LogP contribution in [0.1, 0.15) is 37.3 Å². The first-order valence-electron chi connectivity index (χ1n) is 9.39. The molecule has 3 atom stereocenters. The Morgan fingerprint density at radius 3 is 2.58 bits per heavy atom. The predicted octanol–water partition coefficient (Wildman–Crippen LogP) is 2.94. The predicted molar refractivity (Wildman–Crippen MR) is 96.3 cm³/mol. The third-order valence-corrected chi connectivity index (χ3v) is 5.86. The van der Waals surface area contributed by atoms with Crippen molar-refractivity contribution in [3.8, 4) is 0 Å². The number of rotatable bonds is 6. The Balaban J connectivity index is 1.56. The summed E-state index contributed by atoms with van der Waals surface area (Å²) in [5.41, 5.74) is 1.96. The third-order valence-electron chi connectivity index (χ3n) is 5.86. The summed E-state index contributed by atoms with van der Waals surface area (Å²) in [6.45, 7) is 5.72. The largest absolute Gasteiger partial charge is 0.453 e. The lowest BCUT2D eigenvalue weighted by Gasteiger charge is -2.25. The van der Waals surface area contributed by atoms with Crippen LogP contribution >= 0.6 is 0 Å². The number of carbonyl (C=O) groups is 2. The summed E-state index contributed by atoms with van der Waals surface area (Å²) in [6.07, 6.45) is 0.858. The molecule has 0 aromatic heterocycles. The summed E-state index contributed by atoms with van der Waals surface area (Å²) < 4.78 is 18.3. The molecule has 1 aromatic carbocycles. The molecule has 0 bridgehead atoms. The van der Waals surface area contributed by atoms with E-state index in [-0.39, 0.29) is 17.6 Å². The number of alkyl carbamates (subject to hydrolysis) is 1. The highest BCUT2D eigenvalue weighted by molar-refractivity contribution is 5.80. The second-order valence-corrected chi connectivity index (χ2v) is 7.28. The lowest BCUT2D eigenvalue weighted by Crippen LogP contribution is -2.41. The van der Waals surface area contributed by atoms with Gasteiger partial charge in [-0.05, 0) is 47.8 Å². The maximum atomic E-state index is 13.7. The van der Waals surface area contributed by atoms with Crippen LogP contribution in [0.25, 0.3) is 0 Å². The highest BCUT2D eigenvalue weighted by Crippen LogP contribution is 2.58. The molecule has 3 rings (SSSR count). The van der Waals surface area contributed by atoms with Crippen LogP contribution in [0.3, 0.4) is 0 Å². The minimum atomic E-state index is -0.511. The van der Waals surface area contributed by atoms with E-state index in [1.165, 1.54) is 12.7 Å². The molecule has 1 N–H and O–H groups in total. The molecule has 26 heavy (non-hydrogen) atoms. The molecule has 3 unspecified atom stereocenters. The van der Waals surface area contributed by atoms with Gasteiger partial charge >= 0.3 is 6.09 Å². The Bertz CT molecular complexity index is 682. The van der Waals surface area contributed by atoms with Crippen LogP contribution in [0.15, 0.2) is 18.2 Å². The van der Waals surface area contributed by atoms with Crippen molar-refractivity contribution < 1.29 is 18.7 Å². The Morgan fingerprint density at radius 2 is 2.00 bits per heavy atom. The Labute approximate surface area is 153 Å². The average Bonchev–Trinajstić information content (AvgIpc) is 3.15. The molecule has 1 saturated heterocycles. The second-order valence-electron chi connectivity index (χ2n) is 7.28. The van der Waals surface area contributed by atoms with Gasteiger partial charge in [-0.25, -0.2) is 9.18 Å². The minimum Gasteiger partial charge on any atom is -0.453 e. The van der Waals surface area contributed by atoms with E-state index in [0.717, 1.165) is 18.7 Å². The number of benzene rings is 1. The number of methoxy groups -OCH3 is 1. The Hall–Kier alpha value is -2.11. The average molecular weight is 362 g/mol. The first-order valence-corrected chi connectivity index (χ1v) is 9.39. The molecule has 0 spiro atoms. The first-order chi connectivity index (χ1) is 12.5. The molecule has 0 radical (unpaired) electrons. The third kappa shape index (κ3) is 3.55. The maximum Gasteiger partial charge on any atom is 0.406 e. The number of fused-ring (bicyclic) bond motifs is 1. The van der Waals surface area contributed by atoms with E-state index in [0.29, 0.717) is 37.1 Å². The number of nitrogens with one attached hydrogen (secondary N) is 1. The van der Waals surface area contributed by atoms with Crippen LogP contribution in [0.5, 0.6) is 0 Å². The van der Waals surface area contributed by atoms with Gasteiger partial charge in [0.2, 0.25) is 5.91 Å². The van der Waals surface area contributed by atoms with Gasteiger partial charge in [-0.3, -0.25) is 4.79 Å². The molecule has 2 aliphatic rings. The Kier molecular flexibility index (Phi) is 5.49. The summed E-state index contributed by atoms with van der Waals surface area (Å²) in [6, 6.07) is 5.44. The molecule has 1 aromatic rings. The number of hydrogen-bond donors (Lipinski definition) is 1. The SMILES string of the molecule is CCc1cc(C2C3CN(C(=O)C(CC)CNC(=O)OC)CC32)ccc1F. The van der Waals surface area contributed by atoms with Gasteiger partial charge in [0.15, 0.2) is 0 Å². The molecule has 1 aliphatic carbocycles. The summed E-state index contributed by atoms with van der Waals surface area (Å²) in [5, 5.41) is 2.62. The van der Waals surface area contributed by atoms with Crippen molar-refractivity contribution in [1.82, 2.24) is 10.2 Å². The van der Waals surface area contributed by atoms with Crippen molar-refractivity contribution in [1.29, 1.82) is 0 Å². The smallest absolute Gasteiger partial charge is 0.406 e. The summed E-state index contributed by atoms with van der Waals surface area (Å²) >= 11 is 0. The number of likely N-dealkylation sites (tertiary alicyclic amines) is 1. The standard InChI is InChI=1S/C20H27FN2O3/c1-4-12-8-14(6-7-17(12)21)18-15-10-23(11-16(15)18)19(24)13(5-2)9-22-20(25)26-3/h6-8,13,15-16,18H,4-5,9-11H2,1-3H3,(H,22,25). The van der Waals surface area contributed by atoms with Crippen molar-refractivity contribution in [2.24, 2.45) is 17.8 Å². The van der Waals surface area contributed by atoms with Gasteiger partial charge < -0.3 is 15.0 Å². The van der Waals surface area contributed by atoms with Crippen molar-refractivity contribution in [2.75, 3.05) is 26.7 Å². The van der Waals surface area contributed by atoms with Gasteiger partial charge in [0, 0.05) is 19.6 Å². The number of hydrogen-bond acceptors (Lipinski definition) is 3. The monoisotopic (exact) mass is 362 g/mol. The van der Waals surface area contributed by atoms with Crippen LogP contribution in [0, 0.1) is 23.6 Å². The van der Waals surface area contributed by atoms with Crippen molar-refractivity contribution >= 4 is 12.0 Å². The van der Waals surface area contributed by atoms with E-state index in [2.05, 4.69) is 10.1 Å². The first kappa shape index (κ1) is 18.7. The van der Waals surface area contributed by atoms with Crippen molar-refractivity contribution in [3.05, 3.63) is 35.1 Å². The molecule has 1 heterocycles. The molecular formula is C20H27FN2O3. The molecule has 5 nitrogen and oxygen atoms in total. The van der Waals surface area contributed by atoms with Crippen molar-refractivity contribution in [3.63, 3.8) is 0 Å². The number of halogens is 1. The number of amides is 2. The van der Waals surface area contributed by atoms with Crippen molar-refractivity contribution in [2.45, 2.75) is 32.6 Å². The van der Waals surface area contributed by atoms with E-state index in [1.54, 1.807) is 6.07 Å². The van der Waals surface area contributed by atoms with Crippen LogP contribution in [0.2, 0.25) is 0 Å². The molecule has 142 valence electrons. The molecule has 6 heteroatoms. The quantitative estimate of drug-likeness (QED) is 0.846. The number of nitrogens with zero attached hydrogens (tertiary/aromatic N) is 1. The van der Waals surface area contributed by atoms with Gasteiger partial charge in [-0.15, -0.1) is 0 Å². The van der Waals surface area contributed by atoms with Crippen LogP contribution in [0.4, 0.5) is 9.18 Å². The highest BCUT2D eigenvalue weighted by atomic mass is 19.1. The Morgan fingerprint density at radius 1 is 1.31 bits per heavy atom. The van der Waals surface area contributed by atoms with E-state index < -0.39 is 6.09 Å². The topological polar surface area (TPSA) is 58.6 Å². The number of piperidine rings is 1.